The molecule has 2 nitrogen and oxygen atoms in total. The van der Waals surface area contributed by atoms with Crippen molar-refractivity contribution in [3.63, 3.8) is 0 Å². The predicted octanol–water partition coefficient (Wildman–Crippen LogP) is 9.99. The molecule has 186 valence electrons. The number of nitrogens with zero attached hydrogens (tertiary/aromatic N) is 1. The van der Waals surface area contributed by atoms with E-state index in [-0.39, 0.29) is 5.41 Å². The SMILES string of the molecule is CC1(C)c2cc(Nc3ccccc3)ccc2-c2c1c1c(c3ccccc23)c2ccccc2n1-c1ccccc1. The average Bonchev–Trinajstić information content (AvgIpc) is 3.44. The minimum absolute atomic E-state index is 0.192. The highest BCUT2D eigenvalue weighted by Gasteiger charge is 2.40. The fourth-order valence-electron chi connectivity index (χ4n) is 6.83. The molecule has 6 aromatic carbocycles. The monoisotopic (exact) mass is 500 g/mol. The first-order valence-electron chi connectivity index (χ1n) is 13.6. The summed E-state index contributed by atoms with van der Waals surface area (Å²) in [4.78, 5) is 0. The van der Waals surface area contributed by atoms with Gasteiger partial charge in [-0.05, 0) is 75.5 Å². The number of hydrogen-bond donors (Lipinski definition) is 1. The van der Waals surface area contributed by atoms with Gasteiger partial charge in [0.25, 0.3) is 0 Å². The van der Waals surface area contributed by atoms with Gasteiger partial charge in [-0.3, -0.25) is 0 Å². The zero-order valence-corrected chi connectivity index (χ0v) is 22.1. The van der Waals surface area contributed by atoms with Crippen LogP contribution in [-0.2, 0) is 5.41 Å². The number of anilines is 2. The van der Waals surface area contributed by atoms with Gasteiger partial charge < -0.3 is 9.88 Å². The first-order chi connectivity index (χ1) is 19.1. The van der Waals surface area contributed by atoms with E-state index in [2.05, 4.69) is 151 Å². The molecule has 0 unspecified atom stereocenters. The second kappa shape index (κ2) is 8.09. The molecule has 0 radical (unpaired) electrons. The van der Waals surface area contributed by atoms with Crippen molar-refractivity contribution in [1.29, 1.82) is 0 Å². The molecule has 0 saturated carbocycles. The molecule has 0 amide bonds. The highest BCUT2D eigenvalue weighted by Crippen LogP contribution is 2.56. The van der Waals surface area contributed by atoms with Crippen LogP contribution in [0.2, 0.25) is 0 Å². The van der Waals surface area contributed by atoms with Crippen molar-refractivity contribution in [3.8, 4) is 16.8 Å². The van der Waals surface area contributed by atoms with Crippen LogP contribution in [0.1, 0.15) is 25.0 Å². The van der Waals surface area contributed by atoms with Gasteiger partial charge in [-0.2, -0.15) is 0 Å². The average molecular weight is 501 g/mol. The summed E-state index contributed by atoms with van der Waals surface area (Å²) in [7, 11) is 0. The summed E-state index contributed by atoms with van der Waals surface area (Å²) in [5, 5.41) is 8.90. The largest absolute Gasteiger partial charge is 0.356 e. The quantitative estimate of drug-likeness (QED) is 0.255. The molecule has 7 aromatic rings. The lowest BCUT2D eigenvalue weighted by atomic mass is 9.80. The van der Waals surface area contributed by atoms with Crippen molar-refractivity contribution in [2.75, 3.05) is 5.32 Å². The van der Waals surface area contributed by atoms with E-state index in [9.17, 15) is 0 Å². The topological polar surface area (TPSA) is 17.0 Å². The highest BCUT2D eigenvalue weighted by molar-refractivity contribution is 6.27. The van der Waals surface area contributed by atoms with E-state index in [0.29, 0.717) is 0 Å². The molecule has 0 atom stereocenters. The molecule has 0 fully saturated rings. The van der Waals surface area contributed by atoms with Crippen LogP contribution in [0.15, 0.2) is 127 Å². The number of nitrogens with one attached hydrogen (secondary N) is 1. The molecule has 0 aliphatic heterocycles. The molecule has 1 aliphatic rings. The molecule has 0 spiro atoms. The van der Waals surface area contributed by atoms with Crippen LogP contribution in [0, 0.1) is 0 Å². The molecular formula is C37H28N2. The normalized spacial score (nSPS) is 13.6. The fraction of sp³-hybridized carbons (Fsp3) is 0.0811. The summed E-state index contributed by atoms with van der Waals surface area (Å²) in [6, 6.07) is 46.0. The Bertz CT molecular complexity index is 2050. The molecule has 1 aromatic heterocycles. The zero-order valence-electron chi connectivity index (χ0n) is 22.1. The molecule has 1 heterocycles. The van der Waals surface area contributed by atoms with Crippen molar-refractivity contribution in [1.82, 2.24) is 4.57 Å². The van der Waals surface area contributed by atoms with Crippen LogP contribution >= 0.6 is 0 Å². The number of para-hydroxylation sites is 3. The van der Waals surface area contributed by atoms with E-state index < -0.39 is 0 Å². The van der Waals surface area contributed by atoms with Crippen molar-refractivity contribution in [2.24, 2.45) is 0 Å². The lowest BCUT2D eigenvalue weighted by Crippen LogP contribution is -2.17. The summed E-state index contributed by atoms with van der Waals surface area (Å²) in [6.07, 6.45) is 0. The minimum Gasteiger partial charge on any atom is -0.356 e. The predicted molar refractivity (Wildman–Crippen MR) is 166 cm³/mol. The van der Waals surface area contributed by atoms with Gasteiger partial charge in [0.15, 0.2) is 0 Å². The third-order valence-corrected chi connectivity index (χ3v) is 8.49. The zero-order chi connectivity index (χ0) is 26.1. The second-order valence-electron chi connectivity index (χ2n) is 11.1. The Morgan fingerprint density at radius 1 is 0.590 bits per heavy atom. The standard InChI is InChI=1S/C37H28N2/c1-37(2)31-23-25(38-24-13-5-3-6-14-24)21-22-29(31)33-27-17-9-10-18-28(27)34-30-19-11-12-20-32(30)39(36(34)35(33)37)26-15-7-4-8-16-26/h3-23,38H,1-2H3. The molecule has 2 heteroatoms. The van der Waals surface area contributed by atoms with Gasteiger partial charge in [0.1, 0.15) is 0 Å². The van der Waals surface area contributed by atoms with Crippen molar-refractivity contribution >= 4 is 44.0 Å². The lowest BCUT2D eigenvalue weighted by molar-refractivity contribution is 0.664. The van der Waals surface area contributed by atoms with Gasteiger partial charge in [0.2, 0.25) is 0 Å². The Balaban J connectivity index is 1.51. The Labute approximate surface area is 228 Å². The van der Waals surface area contributed by atoms with Gasteiger partial charge in [-0.15, -0.1) is 0 Å². The third kappa shape index (κ3) is 3.09. The Morgan fingerprint density at radius 3 is 2.00 bits per heavy atom. The van der Waals surface area contributed by atoms with Crippen molar-refractivity contribution < 1.29 is 0 Å². The summed E-state index contributed by atoms with van der Waals surface area (Å²) >= 11 is 0. The summed E-state index contributed by atoms with van der Waals surface area (Å²) in [5.74, 6) is 0. The van der Waals surface area contributed by atoms with Crippen molar-refractivity contribution in [3.05, 3.63) is 139 Å². The lowest BCUT2D eigenvalue weighted by Gasteiger charge is -2.25. The van der Waals surface area contributed by atoms with Crippen LogP contribution in [-0.4, -0.2) is 4.57 Å². The number of hydrogen-bond acceptors (Lipinski definition) is 1. The Morgan fingerprint density at radius 2 is 1.23 bits per heavy atom. The van der Waals surface area contributed by atoms with Crippen LogP contribution in [0.5, 0.6) is 0 Å². The number of rotatable bonds is 3. The molecule has 0 bridgehead atoms. The molecule has 1 aliphatic carbocycles. The van der Waals surface area contributed by atoms with Crippen molar-refractivity contribution in [2.45, 2.75) is 19.3 Å². The number of fused-ring (bicyclic) bond motifs is 10. The van der Waals surface area contributed by atoms with E-state index >= 15 is 0 Å². The van der Waals surface area contributed by atoms with Crippen LogP contribution in [0.3, 0.4) is 0 Å². The highest BCUT2D eigenvalue weighted by atomic mass is 15.0. The summed E-state index contributed by atoms with van der Waals surface area (Å²) in [5.41, 5.74) is 11.2. The van der Waals surface area contributed by atoms with E-state index in [1.165, 1.54) is 60.5 Å². The van der Waals surface area contributed by atoms with Crippen LogP contribution in [0.4, 0.5) is 11.4 Å². The fourth-order valence-corrected chi connectivity index (χ4v) is 6.83. The molecule has 8 rings (SSSR count). The number of benzene rings is 6. The molecular weight excluding hydrogens is 472 g/mol. The molecule has 39 heavy (non-hydrogen) atoms. The summed E-state index contributed by atoms with van der Waals surface area (Å²) in [6.45, 7) is 4.79. The minimum atomic E-state index is -0.192. The maximum absolute atomic E-state index is 3.63. The Hall–Kier alpha value is -4.82. The van der Waals surface area contributed by atoms with E-state index in [4.69, 9.17) is 0 Å². The maximum atomic E-state index is 3.63. The summed E-state index contributed by atoms with van der Waals surface area (Å²) < 4.78 is 2.49. The van der Waals surface area contributed by atoms with Gasteiger partial charge >= 0.3 is 0 Å². The number of aromatic nitrogens is 1. The molecule has 0 saturated heterocycles. The van der Waals surface area contributed by atoms with E-state index in [1.807, 2.05) is 0 Å². The Kier molecular flexibility index (Phi) is 4.60. The van der Waals surface area contributed by atoms with Gasteiger partial charge in [-0.1, -0.05) is 98.8 Å². The first kappa shape index (κ1) is 22.2. The van der Waals surface area contributed by atoms with Crippen LogP contribution in [0.25, 0.3) is 49.4 Å². The van der Waals surface area contributed by atoms with Gasteiger partial charge in [0, 0.05) is 33.2 Å². The van der Waals surface area contributed by atoms with Gasteiger partial charge in [0.05, 0.1) is 11.0 Å². The molecule has 1 N–H and O–H groups in total. The maximum Gasteiger partial charge on any atom is 0.0594 e. The second-order valence-corrected chi connectivity index (χ2v) is 11.1. The van der Waals surface area contributed by atoms with Gasteiger partial charge in [-0.25, -0.2) is 0 Å². The van der Waals surface area contributed by atoms with E-state index in [1.54, 1.807) is 0 Å². The third-order valence-electron chi connectivity index (χ3n) is 8.49. The van der Waals surface area contributed by atoms with Crippen LogP contribution < -0.4 is 5.32 Å². The van der Waals surface area contributed by atoms with E-state index in [0.717, 1.165) is 11.4 Å². The first-order valence-corrected chi connectivity index (χ1v) is 13.6. The smallest absolute Gasteiger partial charge is 0.0594 e.